The fourth-order valence-corrected chi connectivity index (χ4v) is 1.02. The number of nitrogens with two attached hydrogens (primary N) is 1. The van der Waals surface area contributed by atoms with E-state index in [0.717, 1.165) is 0 Å². The van der Waals surface area contributed by atoms with E-state index >= 15 is 0 Å². The van der Waals surface area contributed by atoms with Crippen LogP contribution in [-0.2, 0) is 19.3 Å². The minimum absolute atomic E-state index is 0.173. The Bertz CT molecular complexity index is 368. The van der Waals surface area contributed by atoms with Crippen LogP contribution in [0.5, 0.6) is 0 Å². The van der Waals surface area contributed by atoms with Crippen LogP contribution in [0.4, 0.5) is 0 Å². The van der Waals surface area contributed by atoms with Crippen LogP contribution in [0.1, 0.15) is 20.8 Å². The fourth-order valence-electron chi connectivity index (χ4n) is 1.02. The SMILES string of the molecule is CC(C)CN=C(N)C1(C)C(=O)ON=NOC1=O. The van der Waals surface area contributed by atoms with Crippen LogP contribution in [0, 0.1) is 11.3 Å². The first-order valence-corrected chi connectivity index (χ1v) is 5.02. The summed E-state index contributed by atoms with van der Waals surface area (Å²) in [6.45, 7) is 5.49. The van der Waals surface area contributed by atoms with Crippen molar-refractivity contribution in [2.24, 2.45) is 32.6 Å². The van der Waals surface area contributed by atoms with Gasteiger partial charge in [-0.2, -0.15) is 0 Å². The molecule has 0 aromatic heterocycles. The maximum absolute atomic E-state index is 11.6. The van der Waals surface area contributed by atoms with Crippen molar-refractivity contribution in [3.8, 4) is 0 Å². The second-order valence-electron chi connectivity index (χ2n) is 4.17. The molecular weight excluding hydrogens is 228 g/mol. The molecule has 0 amide bonds. The van der Waals surface area contributed by atoms with Gasteiger partial charge in [-0.05, 0) is 12.8 Å². The van der Waals surface area contributed by atoms with Crippen molar-refractivity contribution in [2.75, 3.05) is 6.54 Å². The molecule has 0 fully saturated rings. The van der Waals surface area contributed by atoms with Crippen LogP contribution >= 0.6 is 0 Å². The summed E-state index contributed by atoms with van der Waals surface area (Å²) in [5, 5.41) is 5.79. The lowest BCUT2D eigenvalue weighted by atomic mass is 9.89. The van der Waals surface area contributed by atoms with E-state index in [4.69, 9.17) is 5.73 Å². The molecule has 0 aromatic carbocycles. The number of hydrogen-bond acceptors (Lipinski definition) is 7. The number of aliphatic imine (C=N–C) groups is 1. The zero-order valence-electron chi connectivity index (χ0n) is 9.84. The van der Waals surface area contributed by atoms with Gasteiger partial charge in [0.05, 0.1) is 10.6 Å². The topological polar surface area (TPSA) is 116 Å². The lowest BCUT2D eigenvalue weighted by molar-refractivity contribution is -0.160. The normalized spacial score (nSPS) is 19.9. The Kier molecular flexibility index (Phi) is 3.77. The molecule has 0 aromatic rings. The van der Waals surface area contributed by atoms with E-state index in [1.807, 2.05) is 13.8 Å². The lowest BCUT2D eigenvalue weighted by Crippen LogP contribution is -2.48. The highest BCUT2D eigenvalue weighted by atomic mass is 16.8. The molecule has 0 radical (unpaired) electrons. The second-order valence-corrected chi connectivity index (χ2v) is 4.17. The summed E-state index contributed by atoms with van der Waals surface area (Å²) in [7, 11) is 0. The average Bonchev–Trinajstić information content (AvgIpc) is 2.40. The van der Waals surface area contributed by atoms with E-state index in [9.17, 15) is 9.59 Å². The van der Waals surface area contributed by atoms with E-state index in [1.54, 1.807) is 0 Å². The zero-order chi connectivity index (χ0) is 13.1. The minimum atomic E-state index is -1.81. The van der Waals surface area contributed by atoms with Crippen LogP contribution < -0.4 is 5.73 Å². The molecule has 0 bridgehead atoms. The first kappa shape index (κ1) is 13.1. The maximum Gasteiger partial charge on any atom is 0.361 e. The quantitative estimate of drug-likeness (QED) is 0.436. The third-order valence-electron chi connectivity index (χ3n) is 2.24. The molecule has 8 heteroatoms. The first-order valence-electron chi connectivity index (χ1n) is 5.02. The van der Waals surface area contributed by atoms with E-state index in [0.29, 0.717) is 6.54 Å². The summed E-state index contributed by atoms with van der Waals surface area (Å²) < 4.78 is 0. The van der Waals surface area contributed by atoms with E-state index in [-0.39, 0.29) is 11.8 Å². The Morgan fingerprint density at radius 2 is 1.82 bits per heavy atom. The first-order chi connectivity index (χ1) is 7.89. The van der Waals surface area contributed by atoms with E-state index < -0.39 is 17.4 Å². The Morgan fingerprint density at radius 3 is 2.24 bits per heavy atom. The van der Waals surface area contributed by atoms with Crippen molar-refractivity contribution < 1.29 is 19.3 Å². The largest absolute Gasteiger partial charge is 0.386 e. The summed E-state index contributed by atoms with van der Waals surface area (Å²) in [6.07, 6.45) is 0. The molecule has 94 valence electrons. The second kappa shape index (κ2) is 4.89. The van der Waals surface area contributed by atoms with Crippen molar-refractivity contribution in [1.82, 2.24) is 0 Å². The molecule has 8 nitrogen and oxygen atoms in total. The molecule has 0 saturated heterocycles. The monoisotopic (exact) mass is 242 g/mol. The number of nitrogens with zero attached hydrogens (tertiary/aromatic N) is 3. The third kappa shape index (κ3) is 2.58. The predicted octanol–water partition coefficient (Wildman–Crippen LogP) is 0.388. The third-order valence-corrected chi connectivity index (χ3v) is 2.24. The molecule has 0 saturated carbocycles. The van der Waals surface area contributed by atoms with Crippen molar-refractivity contribution >= 4 is 17.8 Å². The predicted molar refractivity (Wildman–Crippen MR) is 56.5 cm³/mol. The highest BCUT2D eigenvalue weighted by molar-refractivity contribution is 6.20. The van der Waals surface area contributed by atoms with Crippen molar-refractivity contribution in [1.29, 1.82) is 0 Å². The van der Waals surface area contributed by atoms with Crippen molar-refractivity contribution in [3.63, 3.8) is 0 Å². The average molecular weight is 242 g/mol. The molecular formula is C9H14N4O4. The Hall–Kier alpha value is -1.99. The van der Waals surface area contributed by atoms with Crippen molar-refractivity contribution in [3.05, 3.63) is 0 Å². The number of carbonyl (C=O) groups is 2. The van der Waals surface area contributed by atoms with Gasteiger partial charge in [0.25, 0.3) is 0 Å². The molecule has 17 heavy (non-hydrogen) atoms. The molecule has 1 heterocycles. The van der Waals surface area contributed by atoms with Gasteiger partial charge in [-0.15, -0.1) is 0 Å². The molecule has 0 atom stereocenters. The van der Waals surface area contributed by atoms with Gasteiger partial charge in [0.15, 0.2) is 0 Å². The van der Waals surface area contributed by atoms with Gasteiger partial charge >= 0.3 is 11.9 Å². The molecule has 1 aliphatic rings. The van der Waals surface area contributed by atoms with E-state index in [2.05, 4.69) is 25.2 Å². The van der Waals surface area contributed by atoms with Gasteiger partial charge in [0, 0.05) is 6.54 Å². The van der Waals surface area contributed by atoms with Gasteiger partial charge in [-0.3, -0.25) is 14.7 Å². The number of hydrogen-bond donors (Lipinski definition) is 1. The Labute approximate surface area is 97.8 Å². The van der Waals surface area contributed by atoms with Crippen LogP contribution in [0.25, 0.3) is 0 Å². The van der Waals surface area contributed by atoms with Crippen LogP contribution in [0.15, 0.2) is 15.5 Å². The zero-order valence-corrected chi connectivity index (χ0v) is 9.84. The molecule has 2 N–H and O–H groups in total. The van der Waals surface area contributed by atoms with Gasteiger partial charge in [0.2, 0.25) is 5.41 Å². The highest BCUT2D eigenvalue weighted by Gasteiger charge is 2.51. The van der Waals surface area contributed by atoms with Crippen LogP contribution in [0.3, 0.4) is 0 Å². The van der Waals surface area contributed by atoms with E-state index in [1.165, 1.54) is 6.92 Å². The van der Waals surface area contributed by atoms with Crippen LogP contribution in [0.2, 0.25) is 0 Å². The molecule has 0 aliphatic carbocycles. The number of rotatable bonds is 3. The van der Waals surface area contributed by atoms with Gasteiger partial charge in [-0.25, -0.2) is 9.59 Å². The number of carbonyl (C=O) groups excluding carboxylic acids is 2. The maximum atomic E-state index is 11.6. The summed E-state index contributed by atoms with van der Waals surface area (Å²) in [5.74, 6) is -1.86. The van der Waals surface area contributed by atoms with Crippen LogP contribution in [-0.4, -0.2) is 24.3 Å². The summed E-state index contributed by atoms with van der Waals surface area (Å²) in [6, 6.07) is 0. The minimum Gasteiger partial charge on any atom is -0.386 e. The molecule has 1 aliphatic heterocycles. The summed E-state index contributed by atoms with van der Waals surface area (Å²) in [4.78, 5) is 35.8. The number of amidine groups is 1. The fraction of sp³-hybridized carbons (Fsp3) is 0.667. The standard InChI is InChI=1S/C9H14N4O4/c1-5(2)4-11-6(10)9(3)7(14)16-12-13-17-8(9)15/h5H,4H2,1-3H3,(H2,10,11). The summed E-state index contributed by atoms with van der Waals surface area (Å²) >= 11 is 0. The Balaban J connectivity index is 3.01. The summed E-state index contributed by atoms with van der Waals surface area (Å²) in [5.41, 5.74) is 3.84. The molecule has 0 spiro atoms. The van der Waals surface area contributed by atoms with Gasteiger partial charge in [0.1, 0.15) is 5.84 Å². The smallest absolute Gasteiger partial charge is 0.361 e. The molecule has 1 rings (SSSR count). The highest BCUT2D eigenvalue weighted by Crippen LogP contribution is 2.24. The molecule has 0 unspecified atom stereocenters. The van der Waals surface area contributed by atoms with Gasteiger partial charge < -0.3 is 5.73 Å². The lowest BCUT2D eigenvalue weighted by Gasteiger charge is -2.19. The Morgan fingerprint density at radius 1 is 1.35 bits per heavy atom. The van der Waals surface area contributed by atoms with Gasteiger partial charge in [-0.1, -0.05) is 13.8 Å². The van der Waals surface area contributed by atoms with Crippen molar-refractivity contribution in [2.45, 2.75) is 20.8 Å².